The summed E-state index contributed by atoms with van der Waals surface area (Å²) in [4.78, 5) is 16.5. The van der Waals surface area contributed by atoms with Gasteiger partial charge in [0.2, 0.25) is 5.91 Å². The number of amides is 1. The van der Waals surface area contributed by atoms with Gasteiger partial charge in [-0.25, -0.2) is 0 Å². The summed E-state index contributed by atoms with van der Waals surface area (Å²) in [6, 6.07) is 15.1. The topological polar surface area (TPSA) is 23.6 Å². The summed E-state index contributed by atoms with van der Waals surface area (Å²) in [7, 11) is 2.17. The van der Waals surface area contributed by atoms with Gasteiger partial charge in [0.1, 0.15) is 0 Å². The molecule has 24 heavy (non-hydrogen) atoms. The molecule has 1 unspecified atom stereocenters. The maximum atomic E-state index is 12.2. The van der Waals surface area contributed by atoms with E-state index in [1.54, 1.807) is 11.3 Å². The molecule has 0 aliphatic rings. The standard InChI is InChI=1S/C20H28N2OS/c1-4-19(23)22(20-11-8-16-24-20)15-12-17(2)21(3)14-13-18-9-6-5-7-10-18/h5-11,16-17H,4,12-15H2,1-3H3. The summed E-state index contributed by atoms with van der Waals surface area (Å²) in [5.74, 6) is 0.205. The second-order valence-electron chi connectivity index (χ2n) is 6.20. The monoisotopic (exact) mass is 344 g/mol. The Hall–Kier alpha value is -1.65. The van der Waals surface area contributed by atoms with Gasteiger partial charge >= 0.3 is 0 Å². The van der Waals surface area contributed by atoms with Gasteiger partial charge in [-0.2, -0.15) is 0 Å². The van der Waals surface area contributed by atoms with Crippen molar-refractivity contribution in [1.82, 2.24) is 4.90 Å². The molecule has 0 saturated heterocycles. The first kappa shape index (κ1) is 18.7. The fourth-order valence-corrected chi connectivity index (χ4v) is 3.45. The van der Waals surface area contributed by atoms with Crippen molar-refractivity contribution in [2.24, 2.45) is 0 Å². The van der Waals surface area contributed by atoms with Gasteiger partial charge < -0.3 is 9.80 Å². The van der Waals surface area contributed by atoms with E-state index < -0.39 is 0 Å². The maximum absolute atomic E-state index is 12.2. The summed E-state index contributed by atoms with van der Waals surface area (Å²) >= 11 is 1.63. The largest absolute Gasteiger partial charge is 0.304 e. The molecule has 1 amide bonds. The van der Waals surface area contributed by atoms with E-state index in [9.17, 15) is 4.79 Å². The summed E-state index contributed by atoms with van der Waals surface area (Å²) in [5.41, 5.74) is 1.37. The van der Waals surface area contributed by atoms with Crippen LogP contribution in [0.5, 0.6) is 0 Å². The van der Waals surface area contributed by atoms with Crippen molar-refractivity contribution in [3.05, 3.63) is 53.4 Å². The molecule has 0 N–H and O–H groups in total. The van der Waals surface area contributed by atoms with Gasteiger partial charge in [0.25, 0.3) is 0 Å². The molecule has 4 heteroatoms. The lowest BCUT2D eigenvalue weighted by atomic mass is 10.1. The highest BCUT2D eigenvalue weighted by Gasteiger charge is 2.17. The van der Waals surface area contributed by atoms with Gasteiger partial charge in [0, 0.05) is 25.6 Å². The van der Waals surface area contributed by atoms with E-state index in [0.29, 0.717) is 12.5 Å². The SMILES string of the molecule is CCC(=O)N(CCC(C)N(C)CCc1ccccc1)c1cccs1. The molecule has 1 atom stereocenters. The Morgan fingerprint density at radius 2 is 1.88 bits per heavy atom. The first-order valence-electron chi connectivity index (χ1n) is 8.69. The average molecular weight is 345 g/mol. The zero-order valence-corrected chi connectivity index (χ0v) is 15.8. The van der Waals surface area contributed by atoms with Crippen molar-refractivity contribution in [1.29, 1.82) is 0 Å². The molecule has 0 aliphatic carbocycles. The van der Waals surface area contributed by atoms with Crippen molar-refractivity contribution in [3.63, 3.8) is 0 Å². The van der Waals surface area contributed by atoms with E-state index in [-0.39, 0.29) is 5.91 Å². The number of benzene rings is 1. The number of rotatable bonds is 9. The highest BCUT2D eigenvalue weighted by molar-refractivity contribution is 7.14. The Kier molecular flexibility index (Phi) is 7.47. The van der Waals surface area contributed by atoms with E-state index >= 15 is 0 Å². The van der Waals surface area contributed by atoms with Crippen molar-refractivity contribution in [2.45, 2.75) is 39.2 Å². The average Bonchev–Trinajstić information content (AvgIpc) is 3.14. The summed E-state index contributed by atoms with van der Waals surface area (Å²) in [5, 5.41) is 3.08. The van der Waals surface area contributed by atoms with Gasteiger partial charge in [-0.05, 0) is 49.9 Å². The minimum absolute atomic E-state index is 0.205. The number of carbonyl (C=O) groups is 1. The molecule has 1 aromatic carbocycles. The van der Waals surface area contributed by atoms with Crippen LogP contribution in [0.2, 0.25) is 0 Å². The minimum atomic E-state index is 0.205. The third kappa shape index (κ3) is 5.46. The van der Waals surface area contributed by atoms with Crippen LogP contribution in [0, 0.1) is 0 Å². The minimum Gasteiger partial charge on any atom is -0.304 e. The molecule has 2 rings (SSSR count). The zero-order chi connectivity index (χ0) is 17.4. The second kappa shape index (κ2) is 9.60. The van der Waals surface area contributed by atoms with Crippen LogP contribution in [0.3, 0.4) is 0 Å². The van der Waals surface area contributed by atoms with E-state index in [4.69, 9.17) is 0 Å². The molecule has 130 valence electrons. The lowest BCUT2D eigenvalue weighted by molar-refractivity contribution is -0.118. The van der Waals surface area contributed by atoms with Crippen LogP contribution in [-0.4, -0.2) is 37.0 Å². The van der Waals surface area contributed by atoms with Crippen LogP contribution in [0.1, 0.15) is 32.3 Å². The second-order valence-corrected chi connectivity index (χ2v) is 7.13. The van der Waals surface area contributed by atoms with Crippen LogP contribution < -0.4 is 4.90 Å². The lowest BCUT2D eigenvalue weighted by Crippen LogP contribution is -2.37. The fraction of sp³-hybridized carbons (Fsp3) is 0.450. The molecule has 0 saturated carbocycles. The number of thiophene rings is 1. The third-order valence-corrected chi connectivity index (χ3v) is 5.39. The molecular weight excluding hydrogens is 316 g/mol. The molecular formula is C20H28N2OS. The lowest BCUT2D eigenvalue weighted by Gasteiger charge is -2.28. The molecule has 3 nitrogen and oxygen atoms in total. The Morgan fingerprint density at radius 3 is 2.50 bits per heavy atom. The van der Waals surface area contributed by atoms with Gasteiger partial charge in [0.15, 0.2) is 0 Å². The van der Waals surface area contributed by atoms with Crippen molar-refractivity contribution in [2.75, 3.05) is 25.0 Å². The van der Waals surface area contributed by atoms with Crippen LogP contribution >= 0.6 is 11.3 Å². The van der Waals surface area contributed by atoms with E-state index in [0.717, 1.165) is 30.9 Å². The van der Waals surface area contributed by atoms with E-state index in [1.807, 2.05) is 29.3 Å². The molecule has 0 bridgehead atoms. The Labute approximate surface area is 149 Å². The number of hydrogen-bond donors (Lipinski definition) is 0. The highest BCUT2D eigenvalue weighted by Crippen LogP contribution is 2.23. The number of hydrogen-bond acceptors (Lipinski definition) is 3. The van der Waals surface area contributed by atoms with Crippen LogP contribution in [0.4, 0.5) is 5.00 Å². The molecule has 0 spiro atoms. The zero-order valence-electron chi connectivity index (χ0n) is 14.9. The Balaban J connectivity index is 1.83. The predicted octanol–water partition coefficient (Wildman–Crippen LogP) is 4.44. The Bertz CT molecular complexity index is 597. The van der Waals surface area contributed by atoms with E-state index in [2.05, 4.69) is 49.2 Å². The number of likely N-dealkylation sites (N-methyl/N-ethyl adjacent to an activating group) is 1. The molecule has 1 aromatic heterocycles. The Morgan fingerprint density at radius 1 is 1.12 bits per heavy atom. The third-order valence-electron chi connectivity index (χ3n) is 4.49. The molecule has 0 aliphatic heterocycles. The number of anilines is 1. The summed E-state index contributed by atoms with van der Waals surface area (Å²) in [6.45, 7) is 5.99. The van der Waals surface area contributed by atoms with Gasteiger partial charge in [-0.1, -0.05) is 37.3 Å². The molecule has 1 heterocycles. The maximum Gasteiger partial charge on any atom is 0.227 e. The van der Waals surface area contributed by atoms with Crippen LogP contribution in [-0.2, 0) is 11.2 Å². The normalized spacial score (nSPS) is 12.3. The summed E-state index contributed by atoms with van der Waals surface area (Å²) < 4.78 is 0. The molecule has 0 fully saturated rings. The van der Waals surface area contributed by atoms with Crippen LogP contribution in [0.25, 0.3) is 0 Å². The molecule has 0 radical (unpaired) electrons. The van der Waals surface area contributed by atoms with Crippen molar-refractivity contribution >= 4 is 22.2 Å². The van der Waals surface area contributed by atoms with Crippen molar-refractivity contribution in [3.8, 4) is 0 Å². The van der Waals surface area contributed by atoms with E-state index in [1.165, 1.54) is 5.56 Å². The first-order chi connectivity index (χ1) is 11.6. The predicted molar refractivity (Wildman–Crippen MR) is 104 cm³/mol. The van der Waals surface area contributed by atoms with Crippen LogP contribution in [0.15, 0.2) is 47.8 Å². The molecule has 2 aromatic rings. The fourth-order valence-electron chi connectivity index (χ4n) is 2.68. The number of nitrogens with zero attached hydrogens (tertiary/aromatic N) is 2. The highest BCUT2D eigenvalue weighted by atomic mass is 32.1. The van der Waals surface area contributed by atoms with Gasteiger partial charge in [-0.15, -0.1) is 11.3 Å². The van der Waals surface area contributed by atoms with Gasteiger partial charge in [-0.3, -0.25) is 4.79 Å². The van der Waals surface area contributed by atoms with Crippen molar-refractivity contribution < 1.29 is 4.79 Å². The number of carbonyl (C=O) groups excluding carboxylic acids is 1. The first-order valence-corrected chi connectivity index (χ1v) is 9.57. The van der Waals surface area contributed by atoms with Gasteiger partial charge in [0.05, 0.1) is 5.00 Å². The smallest absolute Gasteiger partial charge is 0.227 e. The quantitative estimate of drug-likeness (QED) is 0.671. The summed E-state index contributed by atoms with van der Waals surface area (Å²) in [6.07, 6.45) is 2.59.